The summed E-state index contributed by atoms with van der Waals surface area (Å²) in [5.41, 5.74) is 0. The van der Waals surface area contributed by atoms with Gasteiger partial charge in [0.1, 0.15) is 0 Å². The van der Waals surface area contributed by atoms with E-state index in [1.54, 1.807) is 6.92 Å². The zero-order valence-corrected chi connectivity index (χ0v) is 7.96. The summed E-state index contributed by atoms with van der Waals surface area (Å²) >= 11 is 0. The molecule has 2 aliphatic carbocycles. The average Bonchev–Trinajstić information content (AvgIpc) is 2.69. The van der Waals surface area contributed by atoms with Crippen LogP contribution in [0.2, 0.25) is 0 Å². The summed E-state index contributed by atoms with van der Waals surface area (Å²) in [4.78, 5) is 0. The predicted molar refractivity (Wildman–Crippen MR) is 45.0 cm³/mol. The minimum Gasteiger partial charge on any atom is -0.390 e. The van der Waals surface area contributed by atoms with Crippen molar-refractivity contribution in [1.82, 2.24) is 0 Å². The normalized spacial score (nSPS) is 73.5. The van der Waals surface area contributed by atoms with Crippen molar-refractivity contribution in [1.29, 1.82) is 0 Å². The molecule has 2 saturated heterocycles. The van der Waals surface area contributed by atoms with Crippen molar-refractivity contribution in [2.75, 3.05) is 0 Å². The van der Waals surface area contributed by atoms with Crippen LogP contribution in [0.4, 0.5) is 0 Å². The molecule has 4 fully saturated rings. The Morgan fingerprint density at radius 2 is 2.14 bits per heavy atom. The van der Waals surface area contributed by atoms with E-state index in [0.29, 0.717) is 11.8 Å². The molecule has 0 aromatic heterocycles. The molecule has 4 heteroatoms. The molecule has 2 N–H and O–H groups in total. The van der Waals surface area contributed by atoms with Crippen molar-refractivity contribution in [3.8, 4) is 0 Å². The Balaban J connectivity index is 1.86. The largest absolute Gasteiger partial charge is 0.390 e. The summed E-state index contributed by atoms with van der Waals surface area (Å²) in [5, 5.41) is 20.1. The third kappa shape index (κ3) is 0.634. The van der Waals surface area contributed by atoms with E-state index >= 15 is 0 Å². The minimum absolute atomic E-state index is 0.0256. The van der Waals surface area contributed by atoms with Crippen LogP contribution in [0.25, 0.3) is 0 Å². The van der Waals surface area contributed by atoms with Crippen molar-refractivity contribution in [3.05, 3.63) is 0 Å². The van der Waals surface area contributed by atoms with E-state index in [1.165, 1.54) is 0 Å². The predicted octanol–water partition coefficient (Wildman–Crippen LogP) is -0.307. The van der Waals surface area contributed by atoms with Gasteiger partial charge < -0.3 is 19.7 Å². The van der Waals surface area contributed by atoms with Gasteiger partial charge >= 0.3 is 0 Å². The van der Waals surface area contributed by atoms with Crippen LogP contribution in [0, 0.1) is 23.7 Å². The van der Waals surface area contributed by atoms with Gasteiger partial charge in [0.25, 0.3) is 0 Å². The van der Waals surface area contributed by atoms with Gasteiger partial charge in [0, 0.05) is 11.8 Å². The summed E-state index contributed by atoms with van der Waals surface area (Å²) in [6.07, 6.45) is 0.313. The first kappa shape index (κ1) is 8.05. The second kappa shape index (κ2) is 2.02. The van der Waals surface area contributed by atoms with Gasteiger partial charge in [-0.2, -0.15) is 0 Å². The molecule has 0 aromatic rings. The lowest BCUT2D eigenvalue weighted by Gasteiger charge is -2.35. The van der Waals surface area contributed by atoms with Crippen molar-refractivity contribution >= 4 is 0 Å². The van der Waals surface area contributed by atoms with Gasteiger partial charge in [-0.1, -0.05) is 0 Å². The number of hydrogen-bond donors (Lipinski definition) is 2. The number of fused-ring (bicyclic) bond motifs is 2. The quantitative estimate of drug-likeness (QED) is 0.560. The van der Waals surface area contributed by atoms with Gasteiger partial charge in [0.15, 0.2) is 12.1 Å². The Hall–Kier alpha value is -0.160. The zero-order valence-electron chi connectivity index (χ0n) is 7.96. The maximum absolute atomic E-state index is 10.1. The zero-order chi connectivity index (χ0) is 9.66. The molecule has 14 heavy (non-hydrogen) atoms. The molecular weight excluding hydrogens is 184 g/mol. The average molecular weight is 198 g/mol. The fourth-order valence-corrected chi connectivity index (χ4v) is 4.34. The van der Waals surface area contributed by atoms with Gasteiger partial charge in [-0.3, -0.25) is 0 Å². The number of aliphatic hydroxyl groups excluding tert-OH is 1. The summed E-state index contributed by atoms with van der Waals surface area (Å²) < 4.78 is 11.1. The maximum atomic E-state index is 10.1. The molecule has 4 rings (SSSR count). The first-order valence-electron chi connectivity index (χ1n) is 5.33. The number of rotatable bonds is 0. The highest BCUT2D eigenvalue weighted by molar-refractivity contribution is 5.16. The standard InChI is InChI=1S/C10H14O4/c1-10(12)6-4-2-3-5(6)9(14-10)13-8(3)7(4)11/h3-9,11-12H,2H2,1H3. The summed E-state index contributed by atoms with van der Waals surface area (Å²) in [5.74, 6) is -0.104. The summed E-state index contributed by atoms with van der Waals surface area (Å²) in [6.45, 7) is 1.70. The Kier molecular flexibility index (Phi) is 1.16. The van der Waals surface area contributed by atoms with Gasteiger partial charge in [-0.05, 0) is 25.2 Å². The molecule has 8 unspecified atom stereocenters. The lowest BCUT2D eigenvalue weighted by molar-refractivity contribution is -0.277. The molecule has 0 aromatic carbocycles. The molecule has 4 aliphatic rings. The van der Waals surface area contributed by atoms with E-state index < -0.39 is 5.79 Å². The molecule has 2 bridgehead atoms. The van der Waals surface area contributed by atoms with Crippen LogP contribution in [0.1, 0.15) is 13.3 Å². The Morgan fingerprint density at radius 3 is 2.93 bits per heavy atom. The number of ether oxygens (including phenoxy) is 2. The molecule has 2 aliphatic heterocycles. The van der Waals surface area contributed by atoms with Crippen LogP contribution in [0.3, 0.4) is 0 Å². The van der Waals surface area contributed by atoms with Gasteiger partial charge in [0.2, 0.25) is 0 Å². The molecule has 78 valence electrons. The Labute approximate surface area is 81.8 Å². The van der Waals surface area contributed by atoms with E-state index in [1.807, 2.05) is 0 Å². The topological polar surface area (TPSA) is 58.9 Å². The Bertz CT molecular complexity index is 302. The van der Waals surface area contributed by atoms with Gasteiger partial charge in [0.05, 0.1) is 12.2 Å². The van der Waals surface area contributed by atoms with Crippen LogP contribution < -0.4 is 0 Å². The first-order chi connectivity index (χ1) is 6.59. The Morgan fingerprint density at radius 1 is 1.36 bits per heavy atom. The monoisotopic (exact) mass is 198 g/mol. The molecule has 2 heterocycles. The van der Waals surface area contributed by atoms with Crippen molar-refractivity contribution in [2.24, 2.45) is 23.7 Å². The first-order valence-corrected chi connectivity index (χ1v) is 5.33. The molecule has 0 radical (unpaired) electrons. The van der Waals surface area contributed by atoms with Crippen LogP contribution in [-0.4, -0.2) is 34.5 Å². The highest BCUT2D eigenvalue weighted by atomic mass is 16.8. The highest BCUT2D eigenvalue weighted by Gasteiger charge is 2.73. The molecule has 8 atom stereocenters. The summed E-state index contributed by atoms with van der Waals surface area (Å²) in [7, 11) is 0. The van der Waals surface area contributed by atoms with Crippen LogP contribution >= 0.6 is 0 Å². The minimum atomic E-state index is -1.10. The molecule has 0 amide bonds. The lowest BCUT2D eigenvalue weighted by Crippen LogP contribution is -2.46. The van der Waals surface area contributed by atoms with E-state index in [-0.39, 0.29) is 30.3 Å². The van der Waals surface area contributed by atoms with Crippen LogP contribution in [-0.2, 0) is 9.47 Å². The van der Waals surface area contributed by atoms with Crippen LogP contribution in [0.15, 0.2) is 0 Å². The third-order valence-corrected chi connectivity index (χ3v) is 4.69. The molecule has 2 saturated carbocycles. The van der Waals surface area contributed by atoms with Crippen molar-refractivity contribution < 1.29 is 19.7 Å². The van der Waals surface area contributed by atoms with E-state index in [4.69, 9.17) is 9.47 Å². The lowest BCUT2D eigenvalue weighted by atomic mass is 9.76. The number of hydrogen-bond acceptors (Lipinski definition) is 4. The molecule has 0 spiro atoms. The van der Waals surface area contributed by atoms with E-state index in [2.05, 4.69) is 0 Å². The van der Waals surface area contributed by atoms with Crippen LogP contribution in [0.5, 0.6) is 0 Å². The van der Waals surface area contributed by atoms with E-state index in [0.717, 1.165) is 6.42 Å². The summed E-state index contributed by atoms with van der Waals surface area (Å²) in [6, 6.07) is 0. The third-order valence-electron chi connectivity index (χ3n) is 4.69. The fraction of sp³-hybridized carbons (Fsp3) is 1.00. The van der Waals surface area contributed by atoms with Crippen molar-refractivity contribution in [3.63, 3.8) is 0 Å². The highest BCUT2D eigenvalue weighted by Crippen LogP contribution is 2.66. The molecule has 4 nitrogen and oxygen atoms in total. The van der Waals surface area contributed by atoms with Gasteiger partial charge in [-0.15, -0.1) is 0 Å². The van der Waals surface area contributed by atoms with Crippen molar-refractivity contribution in [2.45, 2.75) is 37.6 Å². The van der Waals surface area contributed by atoms with E-state index in [9.17, 15) is 10.2 Å². The smallest absolute Gasteiger partial charge is 0.169 e. The fourth-order valence-electron chi connectivity index (χ4n) is 4.34. The van der Waals surface area contributed by atoms with Gasteiger partial charge in [-0.25, -0.2) is 0 Å². The second-order valence-corrected chi connectivity index (χ2v) is 5.30. The maximum Gasteiger partial charge on any atom is 0.169 e. The molecular formula is C10H14O4. The number of aliphatic hydroxyl groups is 2. The SMILES string of the molecule is CC1(O)OC2OC3C(O)C4CC3C2C41. The second-order valence-electron chi connectivity index (χ2n) is 5.30.